The van der Waals surface area contributed by atoms with E-state index in [1.54, 1.807) is 13.8 Å². The first-order chi connectivity index (χ1) is 9.22. The molecule has 0 bridgehead atoms. The van der Waals surface area contributed by atoms with Crippen molar-refractivity contribution in [2.75, 3.05) is 0 Å². The molecule has 6 nitrogen and oxygen atoms in total. The number of aliphatic hydroxyl groups is 1. The van der Waals surface area contributed by atoms with Crippen LogP contribution in [0.1, 0.15) is 30.6 Å². The van der Waals surface area contributed by atoms with E-state index in [1.807, 2.05) is 0 Å². The summed E-state index contributed by atoms with van der Waals surface area (Å²) in [6.45, 7) is 3.32. The molecule has 0 spiro atoms. The summed E-state index contributed by atoms with van der Waals surface area (Å²) in [7, 11) is 0. The standard InChI is InChI=1S/C12H14Cl2N2O4/c1-6(3-7(2)17)15-12(18)8-4-9(13)11(14)10(5-8)16(19)20/h4-7,17H,3H2,1-2H3,(H,15,18). The summed E-state index contributed by atoms with van der Waals surface area (Å²) in [6.07, 6.45) is -0.191. The van der Waals surface area contributed by atoms with E-state index >= 15 is 0 Å². The predicted molar refractivity (Wildman–Crippen MR) is 76.3 cm³/mol. The lowest BCUT2D eigenvalue weighted by atomic mass is 10.1. The van der Waals surface area contributed by atoms with Gasteiger partial charge in [-0.3, -0.25) is 14.9 Å². The highest BCUT2D eigenvalue weighted by Gasteiger charge is 2.21. The largest absolute Gasteiger partial charge is 0.393 e. The summed E-state index contributed by atoms with van der Waals surface area (Å²) in [5.41, 5.74) is -0.379. The number of hydrogen-bond donors (Lipinski definition) is 2. The average Bonchev–Trinajstić information content (AvgIpc) is 2.30. The van der Waals surface area contributed by atoms with Crippen molar-refractivity contribution in [2.45, 2.75) is 32.4 Å². The minimum absolute atomic E-state index is 0.0449. The van der Waals surface area contributed by atoms with Crippen LogP contribution in [0.25, 0.3) is 0 Å². The number of rotatable bonds is 5. The number of nitro groups is 1. The van der Waals surface area contributed by atoms with E-state index < -0.39 is 22.6 Å². The van der Waals surface area contributed by atoms with Gasteiger partial charge >= 0.3 is 0 Å². The van der Waals surface area contributed by atoms with Crippen LogP contribution in [-0.2, 0) is 0 Å². The maximum atomic E-state index is 12.0. The molecule has 20 heavy (non-hydrogen) atoms. The molecule has 2 atom stereocenters. The van der Waals surface area contributed by atoms with Crippen LogP contribution in [0.5, 0.6) is 0 Å². The van der Waals surface area contributed by atoms with Gasteiger partial charge in [0.15, 0.2) is 0 Å². The molecule has 2 N–H and O–H groups in total. The lowest BCUT2D eigenvalue weighted by molar-refractivity contribution is -0.384. The van der Waals surface area contributed by atoms with Crippen LogP contribution in [0.2, 0.25) is 10.0 Å². The first kappa shape index (κ1) is 16.7. The zero-order valence-electron chi connectivity index (χ0n) is 10.9. The molecule has 1 aromatic rings. The van der Waals surface area contributed by atoms with Gasteiger partial charge in [-0.1, -0.05) is 23.2 Å². The van der Waals surface area contributed by atoms with Gasteiger partial charge in [-0.15, -0.1) is 0 Å². The van der Waals surface area contributed by atoms with Crippen molar-refractivity contribution in [3.05, 3.63) is 37.9 Å². The SMILES string of the molecule is CC(O)CC(C)NC(=O)c1cc(Cl)c(Cl)c([N+](=O)[O-])c1. The Balaban J connectivity index is 2.97. The monoisotopic (exact) mass is 320 g/mol. The van der Waals surface area contributed by atoms with Crippen LogP contribution in [0, 0.1) is 10.1 Å². The molecule has 110 valence electrons. The summed E-state index contributed by atoms with van der Waals surface area (Å²) in [6, 6.07) is 2.05. The minimum Gasteiger partial charge on any atom is -0.393 e. The topological polar surface area (TPSA) is 92.5 Å². The molecule has 0 aromatic heterocycles. The van der Waals surface area contributed by atoms with Crippen molar-refractivity contribution in [3.63, 3.8) is 0 Å². The highest BCUT2D eigenvalue weighted by atomic mass is 35.5. The Labute approximate surface area is 125 Å². The second-order valence-electron chi connectivity index (χ2n) is 4.51. The number of aliphatic hydroxyl groups excluding tert-OH is 1. The average molecular weight is 321 g/mol. The van der Waals surface area contributed by atoms with E-state index in [1.165, 1.54) is 6.07 Å². The molecule has 0 radical (unpaired) electrons. The highest BCUT2D eigenvalue weighted by molar-refractivity contribution is 6.43. The van der Waals surface area contributed by atoms with E-state index in [2.05, 4.69) is 5.32 Å². The van der Waals surface area contributed by atoms with Crippen LogP contribution in [-0.4, -0.2) is 28.1 Å². The Hall–Kier alpha value is -1.37. The normalized spacial score (nSPS) is 13.7. The fourth-order valence-electron chi connectivity index (χ4n) is 1.72. The molecule has 1 aromatic carbocycles. The summed E-state index contributed by atoms with van der Waals surface area (Å²) in [5, 5.41) is 22.4. The van der Waals surface area contributed by atoms with Crippen molar-refractivity contribution in [1.29, 1.82) is 0 Å². The third-order valence-corrected chi connectivity index (χ3v) is 3.33. The number of nitrogens with one attached hydrogen (secondary N) is 1. The lowest BCUT2D eigenvalue weighted by Gasteiger charge is -2.15. The van der Waals surface area contributed by atoms with Crippen LogP contribution < -0.4 is 5.32 Å². The van der Waals surface area contributed by atoms with Gasteiger partial charge in [-0.2, -0.15) is 0 Å². The zero-order chi connectivity index (χ0) is 15.4. The molecule has 0 aliphatic rings. The Morgan fingerprint density at radius 3 is 2.55 bits per heavy atom. The second-order valence-corrected chi connectivity index (χ2v) is 5.29. The van der Waals surface area contributed by atoms with E-state index in [9.17, 15) is 20.0 Å². The lowest BCUT2D eigenvalue weighted by Crippen LogP contribution is -2.34. The third-order valence-electron chi connectivity index (χ3n) is 2.54. The highest BCUT2D eigenvalue weighted by Crippen LogP contribution is 2.33. The fourth-order valence-corrected chi connectivity index (χ4v) is 2.11. The minimum atomic E-state index is -0.704. The van der Waals surface area contributed by atoms with Gasteiger partial charge in [-0.05, 0) is 26.3 Å². The quantitative estimate of drug-likeness (QED) is 0.644. The van der Waals surface area contributed by atoms with E-state index in [-0.39, 0.29) is 21.7 Å². The number of hydrogen-bond acceptors (Lipinski definition) is 4. The molecular weight excluding hydrogens is 307 g/mol. The molecule has 1 rings (SSSR count). The molecule has 0 aliphatic heterocycles. The molecule has 0 fully saturated rings. The first-order valence-corrected chi connectivity index (χ1v) is 6.60. The van der Waals surface area contributed by atoms with Gasteiger partial charge in [0.1, 0.15) is 5.02 Å². The Bertz CT molecular complexity index is 534. The van der Waals surface area contributed by atoms with Gasteiger partial charge in [0.25, 0.3) is 11.6 Å². The van der Waals surface area contributed by atoms with Crippen LogP contribution in [0.3, 0.4) is 0 Å². The second kappa shape index (κ2) is 6.88. The number of amides is 1. The van der Waals surface area contributed by atoms with Crippen LogP contribution >= 0.6 is 23.2 Å². The molecule has 0 heterocycles. The predicted octanol–water partition coefficient (Wildman–Crippen LogP) is 2.79. The number of carbonyl (C=O) groups excluding carboxylic acids is 1. The Morgan fingerprint density at radius 1 is 1.45 bits per heavy atom. The number of nitro benzene ring substituents is 1. The smallest absolute Gasteiger partial charge is 0.290 e. The molecule has 0 saturated carbocycles. The number of nitrogens with zero attached hydrogens (tertiary/aromatic N) is 1. The van der Waals surface area contributed by atoms with Gasteiger partial charge in [0.2, 0.25) is 0 Å². The maximum Gasteiger partial charge on any atom is 0.290 e. The van der Waals surface area contributed by atoms with Crippen molar-refractivity contribution in [1.82, 2.24) is 5.32 Å². The zero-order valence-corrected chi connectivity index (χ0v) is 12.4. The Kier molecular flexibility index (Phi) is 5.74. The summed E-state index contributed by atoms with van der Waals surface area (Å²) < 4.78 is 0. The van der Waals surface area contributed by atoms with E-state index in [4.69, 9.17) is 23.2 Å². The van der Waals surface area contributed by atoms with Gasteiger partial charge in [0.05, 0.1) is 16.0 Å². The number of benzene rings is 1. The van der Waals surface area contributed by atoms with Crippen molar-refractivity contribution in [3.8, 4) is 0 Å². The van der Waals surface area contributed by atoms with Crippen molar-refractivity contribution in [2.24, 2.45) is 0 Å². The fraction of sp³-hybridized carbons (Fsp3) is 0.417. The summed E-state index contributed by atoms with van der Waals surface area (Å²) in [5.74, 6) is -0.514. The van der Waals surface area contributed by atoms with Gasteiger partial charge in [-0.25, -0.2) is 0 Å². The number of carbonyl (C=O) groups is 1. The molecule has 0 saturated heterocycles. The molecule has 8 heteroatoms. The first-order valence-electron chi connectivity index (χ1n) is 5.84. The molecular formula is C12H14Cl2N2O4. The van der Waals surface area contributed by atoms with Crippen LogP contribution in [0.4, 0.5) is 5.69 Å². The van der Waals surface area contributed by atoms with Gasteiger partial charge < -0.3 is 10.4 Å². The molecule has 2 unspecified atom stereocenters. The van der Waals surface area contributed by atoms with Crippen molar-refractivity contribution < 1.29 is 14.8 Å². The Morgan fingerprint density at radius 2 is 2.05 bits per heavy atom. The maximum absolute atomic E-state index is 12.0. The number of halogens is 2. The molecule has 0 aliphatic carbocycles. The van der Waals surface area contributed by atoms with E-state index in [0.29, 0.717) is 6.42 Å². The van der Waals surface area contributed by atoms with E-state index in [0.717, 1.165) is 6.07 Å². The van der Waals surface area contributed by atoms with Crippen LogP contribution in [0.15, 0.2) is 12.1 Å². The van der Waals surface area contributed by atoms with Crippen molar-refractivity contribution >= 4 is 34.8 Å². The molecule has 1 amide bonds. The third kappa shape index (κ3) is 4.33. The van der Waals surface area contributed by atoms with Gasteiger partial charge in [0, 0.05) is 17.7 Å². The summed E-state index contributed by atoms with van der Waals surface area (Å²) >= 11 is 11.5. The summed E-state index contributed by atoms with van der Waals surface area (Å²) in [4.78, 5) is 22.1.